The molecule has 2 aromatic carbocycles. The van der Waals surface area contributed by atoms with E-state index in [0.717, 1.165) is 22.3 Å². The number of hydrazone groups is 1. The third kappa shape index (κ3) is 4.03. The van der Waals surface area contributed by atoms with Crippen molar-refractivity contribution in [3.8, 4) is 5.75 Å². The summed E-state index contributed by atoms with van der Waals surface area (Å²) in [5, 5.41) is 4.02. The number of carbonyl (C=O) groups excluding carboxylic acids is 1. The van der Waals surface area contributed by atoms with Crippen LogP contribution in [0.15, 0.2) is 60.0 Å². The number of nitrogens with one attached hydrogen (secondary N) is 1. The summed E-state index contributed by atoms with van der Waals surface area (Å²) in [5.74, 6) is 0.413. The van der Waals surface area contributed by atoms with Crippen LogP contribution in [0.25, 0.3) is 11.0 Å². The maximum atomic E-state index is 12.2. The van der Waals surface area contributed by atoms with Crippen molar-refractivity contribution in [3.05, 3.63) is 60.4 Å². The van der Waals surface area contributed by atoms with Gasteiger partial charge in [-0.3, -0.25) is 4.79 Å². The van der Waals surface area contributed by atoms with Crippen LogP contribution in [0.5, 0.6) is 5.75 Å². The Balaban J connectivity index is 1.57. The summed E-state index contributed by atoms with van der Waals surface area (Å²) >= 11 is 0. The van der Waals surface area contributed by atoms with Gasteiger partial charge in [-0.25, -0.2) is 10.4 Å². The highest BCUT2D eigenvalue weighted by atomic mass is 16.5. The molecular weight excluding hydrogens is 316 g/mol. The lowest BCUT2D eigenvalue weighted by Gasteiger charge is -2.11. The number of aromatic nitrogens is 2. The summed E-state index contributed by atoms with van der Waals surface area (Å²) in [4.78, 5) is 16.6. The standard InChI is InChI=1S/C19H20N4O2/c1-14(12-23-13-20-17-5-3-4-6-18(17)23)19(24)22-21-11-15-7-9-16(25-2)10-8-15/h3-11,13-14H,12H2,1-2H3,(H,22,24)/b21-11-/t14-/m0/s1. The molecule has 25 heavy (non-hydrogen) atoms. The first kappa shape index (κ1) is 16.7. The van der Waals surface area contributed by atoms with Crippen LogP contribution >= 0.6 is 0 Å². The summed E-state index contributed by atoms with van der Waals surface area (Å²) in [6.45, 7) is 2.41. The molecule has 1 atom stereocenters. The Hall–Kier alpha value is -3.15. The van der Waals surface area contributed by atoms with Gasteiger partial charge in [0.2, 0.25) is 5.91 Å². The van der Waals surface area contributed by atoms with Crippen LogP contribution in [-0.2, 0) is 11.3 Å². The van der Waals surface area contributed by atoms with E-state index in [1.54, 1.807) is 19.7 Å². The summed E-state index contributed by atoms with van der Waals surface area (Å²) in [6, 6.07) is 15.3. The van der Waals surface area contributed by atoms with E-state index in [0.29, 0.717) is 6.54 Å². The monoisotopic (exact) mass is 336 g/mol. The van der Waals surface area contributed by atoms with Gasteiger partial charge in [-0.2, -0.15) is 5.10 Å². The Morgan fingerprint density at radius 3 is 2.80 bits per heavy atom. The van der Waals surface area contributed by atoms with E-state index in [-0.39, 0.29) is 11.8 Å². The molecule has 1 N–H and O–H groups in total. The number of methoxy groups -OCH3 is 1. The van der Waals surface area contributed by atoms with Crippen LogP contribution in [0.4, 0.5) is 0 Å². The third-order valence-electron chi connectivity index (χ3n) is 3.95. The van der Waals surface area contributed by atoms with Crippen molar-refractivity contribution in [1.82, 2.24) is 15.0 Å². The van der Waals surface area contributed by atoms with Crippen molar-refractivity contribution in [2.45, 2.75) is 13.5 Å². The molecule has 0 unspecified atom stereocenters. The Labute approximate surface area is 146 Å². The van der Waals surface area contributed by atoms with E-state index in [1.165, 1.54) is 0 Å². The minimum absolute atomic E-state index is 0.137. The van der Waals surface area contributed by atoms with Gasteiger partial charge in [-0.05, 0) is 42.0 Å². The Kier molecular flexibility index (Phi) is 5.09. The van der Waals surface area contributed by atoms with Crippen molar-refractivity contribution < 1.29 is 9.53 Å². The molecule has 0 saturated carbocycles. The van der Waals surface area contributed by atoms with Gasteiger partial charge in [0.25, 0.3) is 0 Å². The van der Waals surface area contributed by atoms with Gasteiger partial charge in [0.15, 0.2) is 0 Å². The van der Waals surface area contributed by atoms with Crippen molar-refractivity contribution in [3.63, 3.8) is 0 Å². The number of rotatable bonds is 6. The predicted octanol–water partition coefficient (Wildman–Crippen LogP) is 2.83. The number of hydrogen-bond acceptors (Lipinski definition) is 4. The van der Waals surface area contributed by atoms with E-state index in [2.05, 4.69) is 15.5 Å². The van der Waals surface area contributed by atoms with E-state index in [1.807, 2.05) is 60.0 Å². The molecule has 1 amide bonds. The summed E-state index contributed by atoms with van der Waals surface area (Å²) in [6.07, 6.45) is 3.37. The molecule has 0 aliphatic heterocycles. The lowest BCUT2D eigenvalue weighted by Crippen LogP contribution is -2.27. The first-order valence-corrected chi connectivity index (χ1v) is 8.04. The SMILES string of the molecule is COc1ccc(/C=N\NC(=O)[C@@H](C)Cn2cnc3ccccc32)cc1. The van der Waals surface area contributed by atoms with Crippen LogP contribution in [0.2, 0.25) is 0 Å². The summed E-state index contributed by atoms with van der Waals surface area (Å²) in [5.41, 5.74) is 5.41. The molecule has 3 rings (SSSR count). The number of imidazole rings is 1. The minimum atomic E-state index is -0.231. The first-order chi connectivity index (χ1) is 12.2. The highest BCUT2D eigenvalue weighted by Crippen LogP contribution is 2.14. The van der Waals surface area contributed by atoms with Crippen molar-refractivity contribution >= 4 is 23.2 Å². The Morgan fingerprint density at radius 2 is 2.04 bits per heavy atom. The van der Waals surface area contributed by atoms with Gasteiger partial charge < -0.3 is 9.30 Å². The molecule has 1 aromatic heterocycles. The molecule has 0 saturated heterocycles. The van der Waals surface area contributed by atoms with Crippen LogP contribution in [0, 0.1) is 5.92 Å². The average Bonchev–Trinajstić information content (AvgIpc) is 3.05. The number of hydrogen-bond donors (Lipinski definition) is 1. The van der Waals surface area contributed by atoms with Crippen LogP contribution in [0.3, 0.4) is 0 Å². The number of carbonyl (C=O) groups is 1. The second kappa shape index (κ2) is 7.61. The van der Waals surface area contributed by atoms with Crippen LogP contribution < -0.4 is 10.2 Å². The molecule has 0 radical (unpaired) electrons. The third-order valence-corrected chi connectivity index (χ3v) is 3.95. The zero-order valence-electron chi connectivity index (χ0n) is 14.2. The van der Waals surface area contributed by atoms with E-state index < -0.39 is 0 Å². The van der Waals surface area contributed by atoms with Crippen molar-refractivity contribution in [2.75, 3.05) is 7.11 Å². The minimum Gasteiger partial charge on any atom is -0.497 e. The van der Waals surface area contributed by atoms with Crippen LogP contribution in [0.1, 0.15) is 12.5 Å². The van der Waals surface area contributed by atoms with Crippen molar-refractivity contribution in [1.29, 1.82) is 0 Å². The molecule has 0 aliphatic rings. The second-order valence-corrected chi connectivity index (χ2v) is 5.79. The number of ether oxygens (including phenoxy) is 1. The van der Waals surface area contributed by atoms with Gasteiger partial charge in [-0.15, -0.1) is 0 Å². The number of benzene rings is 2. The lowest BCUT2D eigenvalue weighted by molar-refractivity contribution is -0.124. The summed E-state index contributed by atoms with van der Waals surface area (Å²) < 4.78 is 7.08. The van der Waals surface area contributed by atoms with Crippen molar-refractivity contribution in [2.24, 2.45) is 11.0 Å². The molecule has 1 heterocycles. The number of para-hydroxylation sites is 2. The molecule has 0 spiro atoms. The van der Waals surface area contributed by atoms with E-state index in [9.17, 15) is 4.79 Å². The number of amides is 1. The average molecular weight is 336 g/mol. The zero-order chi connectivity index (χ0) is 17.6. The van der Waals surface area contributed by atoms with Crippen LogP contribution in [-0.4, -0.2) is 28.8 Å². The number of nitrogens with zero attached hydrogens (tertiary/aromatic N) is 3. The Morgan fingerprint density at radius 1 is 1.28 bits per heavy atom. The molecule has 3 aromatic rings. The Bertz CT molecular complexity index is 884. The topological polar surface area (TPSA) is 68.5 Å². The largest absolute Gasteiger partial charge is 0.497 e. The van der Waals surface area contributed by atoms with E-state index >= 15 is 0 Å². The second-order valence-electron chi connectivity index (χ2n) is 5.79. The normalized spacial score (nSPS) is 12.4. The molecule has 0 aliphatic carbocycles. The fourth-order valence-electron chi connectivity index (χ4n) is 2.50. The van der Waals surface area contributed by atoms with Gasteiger partial charge in [-0.1, -0.05) is 19.1 Å². The predicted molar refractivity (Wildman–Crippen MR) is 97.6 cm³/mol. The smallest absolute Gasteiger partial charge is 0.244 e. The fraction of sp³-hybridized carbons (Fsp3) is 0.211. The van der Waals surface area contributed by atoms with E-state index in [4.69, 9.17) is 4.74 Å². The van der Waals surface area contributed by atoms with Gasteiger partial charge >= 0.3 is 0 Å². The maximum absolute atomic E-state index is 12.2. The molecule has 6 heteroatoms. The zero-order valence-corrected chi connectivity index (χ0v) is 14.2. The lowest BCUT2D eigenvalue weighted by atomic mass is 10.1. The molecule has 128 valence electrons. The quantitative estimate of drug-likeness (QED) is 0.556. The molecule has 0 bridgehead atoms. The maximum Gasteiger partial charge on any atom is 0.244 e. The molecular formula is C19H20N4O2. The van der Waals surface area contributed by atoms with Gasteiger partial charge in [0.1, 0.15) is 5.75 Å². The molecule has 6 nitrogen and oxygen atoms in total. The number of fused-ring (bicyclic) bond motifs is 1. The first-order valence-electron chi connectivity index (χ1n) is 8.04. The van der Waals surface area contributed by atoms with Gasteiger partial charge in [0.05, 0.1) is 36.6 Å². The highest BCUT2D eigenvalue weighted by Gasteiger charge is 2.14. The molecule has 0 fully saturated rings. The highest BCUT2D eigenvalue weighted by molar-refractivity contribution is 5.83. The fourth-order valence-corrected chi connectivity index (χ4v) is 2.50. The summed E-state index contributed by atoms with van der Waals surface area (Å²) in [7, 11) is 1.62. The van der Waals surface area contributed by atoms with Gasteiger partial charge in [0, 0.05) is 6.54 Å².